The molecule has 0 atom stereocenters. The first-order valence-corrected chi connectivity index (χ1v) is 34.1. The van der Waals surface area contributed by atoms with E-state index in [1.807, 2.05) is 33.8 Å². The highest BCUT2D eigenvalue weighted by Crippen LogP contribution is 2.57. The van der Waals surface area contributed by atoms with E-state index < -0.39 is 28.9 Å². The molecule has 496 valence electrons. The van der Waals surface area contributed by atoms with Crippen LogP contribution in [0.1, 0.15) is 308 Å². The lowest BCUT2D eigenvalue weighted by Gasteiger charge is -2.39. The maximum absolute atomic E-state index is 14.6. The van der Waals surface area contributed by atoms with Crippen LogP contribution >= 0.6 is 0 Å². The third kappa shape index (κ3) is 32.5. The van der Waals surface area contributed by atoms with Crippen molar-refractivity contribution in [3.8, 4) is 11.5 Å². The lowest BCUT2D eigenvalue weighted by Crippen LogP contribution is -2.54. The first kappa shape index (κ1) is 84.1. The van der Waals surface area contributed by atoms with E-state index in [2.05, 4.69) is 127 Å². The molecule has 4 aromatic carbocycles. The highest BCUT2D eigenvalue weighted by atomic mass is 19.4. The summed E-state index contributed by atoms with van der Waals surface area (Å²) in [4.78, 5) is 0. The fourth-order valence-corrected chi connectivity index (χ4v) is 9.87. The molecule has 0 unspecified atom stereocenters. The average Bonchev–Trinajstić information content (AvgIpc) is 0.745. The van der Waals surface area contributed by atoms with Gasteiger partial charge in [-0.25, -0.2) is 0 Å². The number of alkyl halides is 6. The molecule has 0 aromatic heterocycles. The Hall–Kier alpha value is -3.98. The standard InChI is InChI=1S/C26H32F6O.C26H38O.C7H16.C6H15N.2C6H14/c1-16(2)6-9-19-14-21(11-8-18(19)5)24(25(27,28)29,26(30,31)32)22-12-13-23(33)20(15-22)10-7-17(3)4;1-18(2)8-11-21-16-23(13-10-20(21)5)26(6,7)24-14-15-25(27)22(17-24)12-9-19(3)4;1-3-5-7-6-4-2;1-2-3-4-5-6-7;2*1-3-5-6-4-2/h8,11-17,33H,6-7,9-10H2,1-5H3;10,13-19,27H,8-9,11-12H2,1-7H3;3-7H2,1-2H3;2-7H2,1H3;2*3-6H2,1-2H3. The molecule has 0 aliphatic carbocycles. The molecule has 0 bridgehead atoms. The Morgan fingerprint density at radius 3 is 0.907 bits per heavy atom. The van der Waals surface area contributed by atoms with Gasteiger partial charge in [-0.3, -0.25) is 0 Å². The van der Waals surface area contributed by atoms with Gasteiger partial charge in [0.15, 0.2) is 0 Å². The Morgan fingerprint density at radius 2 is 0.605 bits per heavy atom. The Kier molecular flexibility index (Phi) is 45.1. The van der Waals surface area contributed by atoms with Gasteiger partial charge < -0.3 is 15.9 Å². The van der Waals surface area contributed by atoms with Crippen molar-refractivity contribution in [3.63, 3.8) is 0 Å². The van der Waals surface area contributed by atoms with Gasteiger partial charge in [0.25, 0.3) is 0 Å². The van der Waals surface area contributed by atoms with E-state index in [4.69, 9.17) is 5.73 Å². The number of unbranched alkanes of at least 4 members (excludes halogenated alkanes) is 13. The molecular weight excluding hydrogens is 1080 g/mol. The van der Waals surface area contributed by atoms with Crippen LogP contribution in [0.2, 0.25) is 0 Å². The van der Waals surface area contributed by atoms with E-state index in [9.17, 15) is 36.6 Å². The minimum Gasteiger partial charge on any atom is -0.508 e. The Morgan fingerprint density at radius 1 is 0.360 bits per heavy atom. The molecule has 0 fully saturated rings. The number of phenolic OH excluding ortho intramolecular Hbond substituents is 2. The van der Waals surface area contributed by atoms with Gasteiger partial charge in [-0.15, -0.1) is 0 Å². The van der Waals surface area contributed by atoms with E-state index in [0.717, 1.165) is 67.6 Å². The SMILES string of the molecule is CCCCCC.CCCCCC.CCCCCCC.CCCCCCN.Cc1ccc(C(C)(C)c2ccc(O)c(CCC(C)C)c2)cc1CCC(C)C.Cc1ccc(C(c2ccc(O)c(CCC(C)C)c2)(C(F)(F)F)C(F)(F)F)cc1CCC(C)C. The second-order valence-electron chi connectivity index (χ2n) is 26.4. The smallest absolute Gasteiger partial charge is 0.411 e. The molecule has 0 saturated carbocycles. The summed E-state index contributed by atoms with van der Waals surface area (Å²) in [6.45, 7) is 41.7. The van der Waals surface area contributed by atoms with Gasteiger partial charge in [0.05, 0.1) is 0 Å². The fourth-order valence-electron chi connectivity index (χ4n) is 9.87. The van der Waals surface area contributed by atoms with Crippen LogP contribution in [0.3, 0.4) is 0 Å². The number of hydrogen-bond acceptors (Lipinski definition) is 3. The van der Waals surface area contributed by atoms with E-state index in [1.54, 1.807) is 6.92 Å². The fraction of sp³-hybridized carbons (Fsp3) is 0.688. The van der Waals surface area contributed by atoms with E-state index in [0.29, 0.717) is 42.1 Å². The normalized spacial score (nSPS) is 11.7. The highest BCUT2D eigenvalue weighted by molar-refractivity contribution is 5.51. The van der Waals surface area contributed by atoms with Crippen LogP contribution < -0.4 is 5.73 Å². The summed E-state index contributed by atoms with van der Waals surface area (Å²) < 4.78 is 87.3. The molecule has 0 amide bonds. The third-order valence-electron chi connectivity index (χ3n) is 16.2. The van der Waals surface area contributed by atoms with E-state index in [1.165, 1.54) is 144 Å². The van der Waals surface area contributed by atoms with Crippen molar-refractivity contribution in [2.45, 2.75) is 315 Å². The van der Waals surface area contributed by atoms with Crippen molar-refractivity contribution in [1.82, 2.24) is 0 Å². The van der Waals surface area contributed by atoms with Crippen molar-refractivity contribution in [2.75, 3.05) is 6.54 Å². The maximum Gasteiger partial charge on any atom is 0.411 e. The molecule has 0 aliphatic heterocycles. The summed E-state index contributed by atoms with van der Waals surface area (Å²) in [5.41, 5.74) is 6.94. The largest absolute Gasteiger partial charge is 0.508 e. The summed E-state index contributed by atoms with van der Waals surface area (Å²) in [6.07, 6.45) is 18.1. The first-order chi connectivity index (χ1) is 40.4. The van der Waals surface area contributed by atoms with Crippen molar-refractivity contribution in [2.24, 2.45) is 29.4 Å². The lowest BCUT2D eigenvalue weighted by atomic mass is 9.71. The zero-order valence-corrected chi connectivity index (χ0v) is 58.4. The molecule has 0 saturated heterocycles. The lowest BCUT2D eigenvalue weighted by molar-refractivity contribution is -0.288. The Labute approximate surface area is 525 Å². The number of aryl methyl sites for hydroxylation is 6. The predicted molar refractivity (Wildman–Crippen MR) is 363 cm³/mol. The highest BCUT2D eigenvalue weighted by Gasteiger charge is 2.72. The summed E-state index contributed by atoms with van der Waals surface area (Å²) in [5.74, 6) is 1.91. The van der Waals surface area contributed by atoms with Crippen LogP contribution in [0.5, 0.6) is 11.5 Å². The molecule has 0 radical (unpaired) electrons. The zero-order chi connectivity index (χ0) is 66.1. The minimum atomic E-state index is -5.65. The summed E-state index contributed by atoms with van der Waals surface area (Å²) in [6, 6.07) is 19.0. The monoisotopic (exact) mass is 1210 g/mol. The number of phenols is 2. The van der Waals surface area contributed by atoms with E-state index >= 15 is 0 Å². The zero-order valence-electron chi connectivity index (χ0n) is 58.4. The molecule has 0 heterocycles. The van der Waals surface area contributed by atoms with Gasteiger partial charge in [-0.1, -0.05) is 281 Å². The molecular formula is C77H129F6NO2. The van der Waals surface area contributed by atoms with Gasteiger partial charge >= 0.3 is 12.4 Å². The number of nitrogens with two attached hydrogens (primary N) is 1. The summed E-state index contributed by atoms with van der Waals surface area (Å²) in [7, 11) is 0. The third-order valence-corrected chi connectivity index (χ3v) is 16.2. The summed E-state index contributed by atoms with van der Waals surface area (Å²) in [5, 5.41) is 20.4. The van der Waals surface area contributed by atoms with Gasteiger partial charge in [-0.05, 0) is 170 Å². The Bertz CT molecular complexity index is 2130. The number of hydrogen-bond donors (Lipinski definition) is 3. The van der Waals surface area contributed by atoms with Crippen molar-refractivity contribution in [1.29, 1.82) is 0 Å². The van der Waals surface area contributed by atoms with Crippen LogP contribution in [-0.2, 0) is 36.5 Å². The average molecular weight is 1210 g/mol. The Balaban J connectivity index is 0. The van der Waals surface area contributed by atoms with Crippen molar-refractivity contribution < 1.29 is 36.6 Å². The van der Waals surface area contributed by atoms with Gasteiger partial charge in [0, 0.05) is 5.41 Å². The molecule has 4 rings (SSSR count). The second-order valence-corrected chi connectivity index (χ2v) is 26.4. The topological polar surface area (TPSA) is 66.5 Å². The summed E-state index contributed by atoms with van der Waals surface area (Å²) >= 11 is 0. The van der Waals surface area contributed by atoms with Gasteiger partial charge in [0.2, 0.25) is 5.41 Å². The van der Waals surface area contributed by atoms with E-state index in [-0.39, 0.29) is 35.0 Å². The van der Waals surface area contributed by atoms with Crippen LogP contribution in [0.4, 0.5) is 26.3 Å². The molecule has 9 heteroatoms. The minimum absolute atomic E-state index is 0.0752. The van der Waals surface area contributed by atoms with Crippen LogP contribution in [0.15, 0.2) is 72.8 Å². The second kappa shape index (κ2) is 46.2. The quantitative estimate of drug-likeness (QED) is 0.0360. The van der Waals surface area contributed by atoms with Crippen molar-refractivity contribution in [3.05, 3.63) is 128 Å². The van der Waals surface area contributed by atoms with Gasteiger partial charge in [0.1, 0.15) is 11.5 Å². The molecule has 4 aromatic rings. The number of halogens is 6. The molecule has 0 aliphatic rings. The maximum atomic E-state index is 14.6. The van der Waals surface area contributed by atoms with Crippen LogP contribution in [0, 0.1) is 37.5 Å². The number of aromatic hydroxyl groups is 2. The van der Waals surface area contributed by atoms with Crippen LogP contribution in [-0.4, -0.2) is 29.1 Å². The molecule has 3 nitrogen and oxygen atoms in total. The van der Waals surface area contributed by atoms with Gasteiger partial charge in [-0.2, -0.15) is 26.3 Å². The molecule has 0 spiro atoms. The molecule has 86 heavy (non-hydrogen) atoms. The predicted octanol–water partition coefficient (Wildman–Crippen LogP) is 25.2. The number of benzene rings is 4. The van der Waals surface area contributed by atoms with Crippen molar-refractivity contribution >= 4 is 0 Å². The van der Waals surface area contributed by atoms with Crippen LogP contribution in [0.25, 0.3) is 0 Å². The molecule has 4 N–H and O–H groups in total. The first-order valence-electron chi connectivity index (χ1n) is 34.1. The number of rotatable bonds is 30.